The number of rotatable bonds is 6. The van der Waals surface area contributed by atoms with Gasteiger partial charge in [-0.1, -0.05) is 26.3 Å². The average molecular weight is 184 g/mol. The Kier molecular flexibility index (Phi) is 7.36. The summed E-state index contributed by atoms with van der Waals surface area (Å²) in [4.78, 5) is 10.7. The number of unbranched alkanes of at least 4 members (excludes halogenated alkanes) is 1. The molecule has 0 N–H and O–H groups in total. The molecule has 2 nitrogen and oxygen atoms in total. The van der Waals surface area contributed by atoms with E-state index < -0.39 is 0 Å². The van der Waals surface area contributed by atoms with Gasteiger partial charge in [0.05, 0.1) is 0 Å². The molecule has 0 aromatic rings. The standard InChI is InChI=1S/C11H20O2/c1-4-6-8-11(9-7-5-2)13-10(3)12/h6,8,11H,4-5,7,9H2,1-3H3. The van der Waals surface area contributed by atoms with Crippen LogP contribution in [0.15, 0.2) is 12.2 Å². The van der Waals surface area contributed by atoms with Crippen molar-refractivity contribution in [2.75, 3.05) is 0 Å². The molecule has 0 saturated carbocycles. The first-order chi connectivity index (χ1) is 6.20. The number of allylic oxidation sites excluding steroid dienone is 1. The minimum Gasteiger partial charge on any atom is -0.458 e. The summed E-state index contributed by atoms with van der Waals surface area (Å²) in [5, 5.41) is 0. The van der Waals surface area contributed by atoms with Gasteiger partial charge in [-0.2, -0.15) is 0 Å². The molecular formula is C11H20O2. The second-order valence-corrected chi connectivity index (χ2v) is 3.13. The first kappa shape index (κ1) is 12.2. The summed E-state index contributed by atoms with van der Waals surface area (Å²) in [6.45, 7) is 5.66. The molecule has 0 spiro atoms. The third kappa shape index (κ3) is 7.57. The Balaban J connectivity index is 3.87. The minimum atomic E-state index is -0.193. The van der Waals surface area contributed by atoms with Gasteiger partial charge in [-0.15, -0.1) is 0 Å². The summed E-state index contributed by atoms with van der Waals surface area (Å²) in [5.41, 5.74) is 0. The number of esters is 1. The van der Waals surface area contributed by atoms with Crippen molar-refractivity contribution in [3.63, 3.8) is 0 Å². The van der Waals surface area contributed by atoms with Gasteiger partial charge in [0.15, 0.2) is 0 Å². The van der Waals surface area contributed by atoms with Crippen LogP contribution in [-0.4, -0.2) is 12.1 Å². The Morgan fingerprint density at radius 2 is 2.15 bits per heavy atom. The second-order valence-electron chi connectivity index (χ2n) is 3.13. The normalized spacial score (nSPS) is 13.2. The van der Waals surface area contributed by atoms with Crippen molar-refractivity contribution in [3.8, 4) is 0 Å². The van der Waals surface area contributed by atoms with Crippen molar-refractivity contribution in [1.29, 1.82) is 0 Å². The molecule has 0 heterocycles. The highest BCUT2D eigenvalue weighted by Crippen LogP contribution is 2.07. The van der Waals surface area contributed by atoms with Crippen LogP contribution in [-0.2, 0) is 9.53 Å². The predicted molar refractivity (Wildman–Crippen MR) is 54.5 cm³/mol. The Hall–Kier alpha value is -0.790. The Labute approximate surface area is 81.0 Å². The number of hydrogen-bond donors (Lipinski definition) is 0. The van der Waals surface area contributed by atoms with E-state index in [0.29, 0.717) is 0 Å². The molecule has 0 aliphatic rings. The molecule has 0 bridgehead atoms. The first-order valence-electron chi connectivity index (χ1n) is 5.04. The summed E-state index contributed by atoms with van der Waals surface area (Å²) in [6, 6.07) is 0. The van der Waals surface area contributed by atoms with Gasteiger partial charge >= 0.3 is 5.97 Å². The topological polar surface area (TPSA) is 26.3 Å². The van der Waals surface area contributed by atoms with Gasteiger partial charge in [-0.05, 0) is 25.3 Å². The van der Waals surface area contributed by atoms with Gasteiger partial charge in [0.2, 0.25) is 0 Å². The van der Waals surface area contributed by atoms with Gasteiger partial charge in [-0.25, -0.2) is 0 Å². The molecule has 0 saturated heterocycles. The molecule has 0 fully saturated rings. The lowest BCUT2D eigenvalue weighted by Crippen LogP contribution is -2.13. The predicted octanol–water partition coefficient (Wildman–Crippen LogP) is 3.07. The molecule has 0 aliphatic heterocycles. The first-order valence-corrected chi connectivity index (χ1v) is 5.04. The van der Waals surface area contributed by atoms with Crippen LogP contribution in [0, 0.1) is 0 Å². The highest BCUT2D eigenvalue weighted by atomic mass is 16.5. The zero-order chi connectivity index (χ0) is 10.1. The van der Waals surface area contributed by atoms with Crippen LogP contribution in [0.5, 0.6) is 0 Å². The van der Waals surface area contributed by atoms with Crippen LogP contribution in [0.25, 0.3) is 0 Å². The monoisotopic (exact) mass is 184 g/mol. The zero-order valence-electron chi connectivity index (χ0n) is 8.88. The molecule has 0 aromatic carbocycles. The highest BCUT2D eigenvalue weighted by molar-refractivity contribution is 5.66. The fraction of sp³-hybridized carbons (Fsp3) is 0.727. The summed E-state index contributed by atoms with van der Waals surface area (Å²) in [6.07, 6.45) is 8.18. The third-order valence-electron chi connectivity index (χ3n) is 1.75. The fourth-order valence-corrected chi connectivity index (χ4v) is 1.10. The molecule has 0 radical (unpaired) electrons. The van der Waals surface area contributed by atoms with Gasteiger partial charge in [0.25, 0.3) is 0 Å². The Morgan fingerprint density at radius 1 is 1.46 bits per heavy atom. The van der Waals surface area contributed by atoms with Gasteiger partial charge in [0.1, 0.15) is 6.10 Å². The Bertz CT molecular complexity index is 161. The van der Waals surface area contributed by atoms with Crippen LogP contribution < -0.4 is 0 Å². The van der Waals surface area contributed by atoms with E-state index in [-0.39, 0.29) is 12.1 Å². The average Bonchev–Trinajstić information content (AvgIpc) is 2.09. The quantitative estimate of drug-likeness (QED) is 0.468. The van der Waals surface area contributed by atoms with Crippen molar-refractivity contribution in [3.05, 3.63) is 12.2 Å². The number of carbonyl (C=O) groups excluding carboxylic acids is 1. The van der Waals surface area contributed by atoms with Crippen LogP contribution in [0.2, 0.25) is 0 Å². The van der Waals surface area contributed by atoms with Gasteiger partial charge in [-0.3, -0.25) is 4.79 Å². The fourth-order valence-electron chi connectivity index (χ4n) is 1.10. The van der Waals surface area contributed by atoms with E-state index in [1.165, 1.54) is 6.92 Å². The summed E-state index contributed by atoms with van der Waals surface area (Å²) in [5.74, 6) is -0.193. The molecule has 0 aromatic heterocycles. The molecule has 2 heteroatoms. The van der Waals surface area contributed by atoms with Crippen LogP contribution in [0.1, 0.15) is 46.5 Å². The van der Waals surface area contributed by atoms with E-state index in [4.69, 9.17) is 4.74 Å². The summed E-state index contributed by atoms with van der Waals surface area (Å²) >= 11 is 0. The molecular weight excluding hydrogens is 164 g/mol. The molecule has 1 unspecified atom stereocenters. The van der Waals surface area contributed by atoms with E-state index in [1.54, 1.807) is 0 Å². The maximum absolute atomic E-state index is 10.7. The van der Waals surface area contributed by atoms with Gasteiger partial charge in [0, 0.05) is 6.92 Å². The van der Waals surface area contributed by atoms with E-state index in [0.717, 1.165) is 25.7 Å². The minimum absolute atomic E-state index is 0.0163. The summed E-state index contributed by atoms with van der Waals surface area (Å²) in [7, 11) is 0. The smallest absolute Gasteiger partial charge is 0.303 e. The number of ether oxygens (including phenoxy) is 1. The second kappa shape index (κ2) is 7.84. The number of carbonyl (C=O) groups is 1. The van der Waals surface area contributed by atoms with Gasteiger partial charge < -0.3 is 4.74 Å². The van der Waals surface area contributed by atoms with Crippen LogP contribution in [0.3, 0.4) is 0 Å². The molecule has 0 aliphatic carbocycles. The third-order valence-corrected chi connectivity index (χ3v) is 1.75. The van der Waals surface area contributed by atoms with E-state index in [9.17, 15) is 4.79 Å². The molecule has 76 valence electrons. The molecule has 13 heavy (non-hydrogen) atoms. The van der Waals surface area contributed by atoms with Crippen molar-refractivity contribution in [1.82, 2.24) is 0 Å². The number of hydrogen-bond acceptors (Lipinski definition) is 2. The van der Waals surface area contributed by atoms with Crippen molar-refractivity contribution in [2.24, 2.45) is 0 Å². The molecule has 1 atom stereocenters. The highest BCUT2D eigenvalue weighted by Gasteiger charge is 2.06. The summed E-state index contributed by atoms with van der Waals surface area (Å²) < 4.78 is 5.13. The lowest BCUT2D eigenvalue weighted by Gasteiger charge is -2.11. The van der Waals surface area contributed by atoms with Crippen molar-refractivity contribution < 1.29 is 9.53 Å². The maximum Gasteiger partial charge on any atom is 0.303 e. The zero-order valence-corrected chi connectivity index (χ0v) is 8.88. The van der Waals surface area contributed by atoms with Crippen LogP contribution in [0.4, 0.5) is 0 Å². The van der Waals surface area contributed by atoms with E-state index >= 15 is 0 Å². The van der Waals surface area contributed by atoms with E-state index in [1.807, 2.05) is 12.2 Å². The van der Waals surface area contributed by atoms with E-state index in [2.05, 4.69) is 13.8 Å². The van der Waals surface area contributed by atoms with Crippen LogP contribution >= 0.6 is 0 Å². The van der Waals surface area contributed by atoms with Crippen molar-refractivity contribution in [2.45, 2.75) is 52.6 Å². The lowest BCUT2D eigenvalue weighted by molar-refractivity contribution is -0.144. The van der Waals surface area contributed by atoms with Crippen molar-refractivity contribution >= 4 is 5.97 Å². The Morgan fingerprint density at radius 3 is 2.62 bits per heavy atom. The maximum atomic E-state index is 10.7. The lowest BCUT2D eigenvalue weighted by atomic mass is 10.1. The SMILES string of the molecule is CCC=CC(CCCC)OC(C)=O. The largest absolute Gasteiger partial charge is 0.458 e. The molecule has 0 rings (SSSR count). The molecule has 0 amide bonds.